The number of carbonyl (C=O) groups excluding carboxylic acids is 1. The highest BCUT2D eigenvalue weighted by molar-refractivity contribution is 5.98. The molecule has 116 valence electrons. The summed E-state index contributed by atoms with van der Waals surface area (Å²) in [6.07, 6.45) is 0. The summed E-state index contributed by atoms with van der Waals surface area (Å²) in [7, 11) is 3.95. The van der Waals surface area contributed by atoms with Crippen molar-refractivity contribution in [3.8, 4) is 5.75 Å². The fourth-order valence-corrected chi connectivity index (χ4v) is 2.40. The van der Waals surface area contributed by atoms with Gasteiger partial charge in [-0.15, -0.1) is 0 Å². The third-order valence-corrected chi connectivity index (χ3v) is 3.45. The molecule has 2 aromatic rings. The molecule has 0 bridgehead atoms. The normalized spacial score (nSPS) is 12.2. The topological polar surface area (TPSA) is 29.5 Å². The highest BCUT2D eigenvalue weighted by Crippen LogP contribution is 2.18. The van der Waals surface area contributed by atoms with E-state index in [0.29, 0.717) is 12.2 Å². The lowest BCUT2D eigenvalue weighted by molar-refractivity contribution is 0.0909. The summed E-state index contributed by atoms with van der Waals surface area (Å²) in [6.45, 7) is 3.21. The zero-order valence-electron chi connectivity index (χ0n) is 13.5. The van der Waals surface area contributed by atoms with Crippen molar-refractivity contribution in [2.45, 2.75) is 13.5 Å². The van der Waals surface area contributed by atoms with Gasteiger partial charge < -0.3 is 9.64 Å². The van der Waals surface area contributed by atoms with Gasteiger partial charge in [-0.05, 0) is 31.8 Å². The van der Waals surface area contributed by atoms with Gasteiger partial charge in [-0.2, -0.15) is 0 Å². The first-order valence-corrected chi connectivity index (χ1v) is 7.52. The number of rotatable bonds is 7. The fraction of sp³-hybridized carbons (Fsp3) is 0.316. The van der Waals surface area contributed by atoms with Crippen molar-refractivity contribution in [3.05, 3.63) is 65.7 Å². The van der Waals surface area contributed by atoms with Crippen molar-refractivity contribution in [2.24, 2.45) is 5.92 Å². The second kappa shape index (κ2) is 7.76. The molecule has 0 saturated heterocycles. The van der Waals surface area contributed by atoms with E-state index in [9.17, 15) is 4.79 Å². The quantitative estimate of drug-likeness (QED) is 0.731. The molecule has 0 aliphatic heterocycles. The number of carbonyl (C=O) groups is 1. The Morgan fingerprint density at radius 1 is 1.09 bits per heavy atom. The average molecular weight is 297 g/mol. The van der Waals surface area contributed by atoms with E-state index < -0.39 is 0 Å². The van der Waals surface area contributed by atoms with E-state index in [-0.39, 0.29) is 11.7 Å². The molecule has 3 heteroatoms. The largest absolute Gasteiger partial charge is 0.489 e. The number of ether oxygens (including phenoxy) is 1. The molecule has 0 spiro atoms. The van der Waals surface area contributed by atoms with Gasteiger partial charge in [0.25, 0.3) is 0 Å². The first-order chi connectivity index (χ1) is 10.6. The van der Waals surface area contributed by atoms with Crippen LogP contribution in [-0.2, 0) is 6.61 Å². The molecule has 0 radical (unpaired) electrons. The molecule has 1 atom stereocenters. The number of hydrogen-bond donors (Lipinski definition) is 0. The third-order valence-electron chi connectivity index (χ3n) is 3.45. The molecule has 0 aromatic heterocycles. The Bertz CT molecular complexity index is 608. The van der Waals surface area contributed by atoms with Gasteiger partial charge in [-0.1, -0.05) is 49.4 Å². The SMILES string of the molecule is CC(CN(C)C)C(=O)c1cccc(OCc2ccccc2)c1. The molecule has 0 aliphatic carbocycles. The molecule has 0 N–H and O–H groups in total. The predicted octanol–water partition coefficient (Wildman–Crippen LogP) is 3.65. The van der Waals surface area contributed by atoms with Gasteiger partial charge in [-0.3, -0.25) is 4.79 Å². The van der Waals surface area contributed by atoms with E-state index in [2.05, 4.69) is 0 Å². The van der Waals surface area contributed by atoms with Gasteiger partial charge in [0.15, 0.2) is 5.78 Å². The lowest BCUT2D eigenvalue weighted by Crippen LogP contribution is -2.25. The zero-order valence-corrected chi connectivity index (χ0v) is 13.5. The number of ketones is 1. The molecule has 0 amide bonds. The standard InChI is InChI=1S/C19H23NO2/c1-15(13-20(2)3)19(21)17-10-7-11-18(12-17)22-14-16-8-5-4-6-9-16/h4-12,15H,13-14H2,1-3H3. The van der Waals surface area contributed by atoms with Crippen LogP contribution in [0.3, 0.4) is 0 Å². The first-order valence-electron chi connectivity index (χ1n) is 7.52. The predicted molar refractivity (Wildman–Crippen MR) is 89.3 cm³/mol. The minimum absolute atomic E-state index is 0.0284. The molecule has 2 rings (SSSR count). The van der Waals surface area contributed by atoms with Crippen molar-refractivity contribution >= 4 is 5.78 Å². The van der Waals surface area contributed by atoms with Crippen LogP contribution in [0, 0.1) is 5.92 Å². The highest BCUT2D eigenvalue weighted by Gasteiger charge is 2.16. The highest BCUT2D eigenvalue weighted by atomic mass is 16.5. The molecular weight excluding hydrogens is 274 g/mol. The number of hydrogen-bond acceptors (Lipinski definition) is 3. The summed E-state index contributed by atoms with van der Waals surface area (Å²) in [4.78, 5) is 14.5. The molecular formula is C19H23NO2. The minimum Gasteiger partial charge on any atom is -0.489 e. The summed E-state index contributed by atoms with van der Waals surface area (Å²) in [5.41, 5.74) is 1.82. The van der Waals surface area contributed by atoms with Crippen LogP contribution in [0.25, 0.3) is 0 Å². The molecule has 0 aliphatic rings. The Hall–Kier alpha value is -2.13. The van der Waals surface area contributed by atoms with Gasteiger partial charge >= 0.3 is 0 Å². The Kier molecular flexibility index (Phi) is 5.73. The average Bonchev–Trinajstić information content (AvgIpc) is 2.53. The second-order valence-corrected chi connectivity index (χ2v) is 5.83. The lowest BCUT2D eigenvalue weighted by atomic mass is 9.99. The Morgan fingerprint density at radius 2 is 1.82 bits per heavy atom. The summed E-state index contributed by atoms with van der Waals surface area (Å²) < 4.78 is 5.78. The minimum atomic E-state index is -0.0284. The second-order valence-electron chi connectivity index (χ2n) is 5.83. The van der Waals surface area contributed by atoms with E-state index in [0.717, 1.165) is 17.9 Å². The van der Waals surface area contributed by atoms with E-state index in [4.69, 9.17) is 4.74 Å². The van der Waals surface area contributed by atoms with Crippen LogP contribution >= 0.6 is 0 Å². The Morgan fingerprint density at radius 3 is 2.50 bits per heavy atom. The van der Waals surface area contributed by atoms with E-state index in [1.54, 1.807) is 0 Å². The van der Waals surface area contributed by atoms with Crippen LogP contribution in [0.15, 0.2) is 54.6 Å². The lowest BCUT2D eigenvalue weighted by Gasteiger charge is -2.16. The molecule has 1 unspecified atom stereocenters. The van der Waals surface area contributed by atoms with Crippen molar-refractivity contribution in [1.82, 2.24) is 4.90 Å². The van der Waals surface area contributed by atoms with Gasteiger partial charge in [0, 0.05) is 18.0 Å². The van der Waals surface area contributed by atoms with E-state index in [1.807, 2.05) is 80.5 Å². The van der Waals surface area contributed by atoms with Crippen LogP contribution < -0.4 is 4.74 Å². The summed E-state index contributed by atoms with van der Waals surface area (Å²) >= 11 is 0. The molecule has 0 heterocycles. The summed E-state index contributed by atoms with van der Waals surface area (Å²) in [5, 5.41) is 0. The van der Waals surface area contributed by atoms with Crippen LogP contribution in [-0.4, -0.2) is 31.3 Å². The maximum Gasteiger partial charge on any atom is 0.167 e. The smallest absolute Gasteiger partial charge is 0.167 e. The Balaban J connectivity index is 2.02. The first kappa shape index (κ1) is 16.2. The Labute approximate surface area is 132 Å². The van der Waals surface area contributed by atoms with Gasteiger partial charge in [0.2, 0.25) is 0 Å². The third kappa shape index (κ3) is 4.71. The monoisotopic (exact) mass is 297 g/mol. The number of nitrogens with zero attached hydrogens (tertiary/aromatic N) is 1. The van der Waals surface area contributed by atoms with Gasteiger partial charge in [0.1, 0.15) is 12.4 Å². The molecule has 0 saturated carbocycles. The zero-order chi connectivity index (χ0) is 15.9. The van der Waals surface area contributed by atoms with E-state index in [1.165, 1.54) is 0 Å². The van der Waals surface area contributed by atoms with Crippen molar-refractivity contribution in [1.29, 1.82) is 0 Å². The maximum atomic E-state index is 12.4. The van der Waals surface area contributed by atoms with Crippen LogP contribution in [0.5, 0.6) is 5.75 Å². The number of Topliss-reactive ketones (excluding diaryl/α,β-unsaturated/α-hetero) is 1. The summed E-state index contributed by atoms with van der Waals surface area (Å²) in [5.74, 6) is 0.852. The van der Waals surface area contributed by atoms with E-state index >= 15 is 0 Å². The van der Waals surface area contributed by atoms with Crippen molar-refractivity contribution in [2.75, 3.05) is 20.6 Å². The molecule has 22 heavy (non-hydrogen) atoms. The molecule has 2 aromatic carbocycles. The van der Waals surface area contributed by atoms with Gasteiger partial charge in [-0.25, -0.2) is 0 Å². The molecule has 3 nitrogen and oxygen atoms in total. The van der Waals surface area contributed by atoms with Crippen LogP contribution in [0.2, 0.25) is 0 Å². The van der Waals surface area contributed by atoms with Gasteiger partial charge in [0.05, 0.1) is 0 Å². The van der Waals surface area contributed by atoms with Crippen LogP contribution in [0.1, 0.15) is 22.8 Å². The molecule has 0 fully saturated rings. The number of benzene rings is 2. The van der Waals surface area contributed by atoms with Crippen LogP contribution in [0.4, 0.5) is 0 Å². The van der Waals surface area contributed by atoms with Crippen molar-refractivity contribution in [3.63, 3.8) is 0 Å². The maximum absolute atomic E-state index is 12.4. The fourth-order valence-electron chi connectivity index (χ4n) is 2.40. The van der Waals surface area contributed by atoms with Crippen molar-refractivity contribution < 1.29 is 9.53 Å². The summed E-state index contributed by atoms with van der Waals surface area (Å²) in [6, 6.07) is 17.4.